The highest BCUT2D eigenvalue weighted by atomic mass is 19.1. The number of hydrogen-bond donors (Lipinski definition) is 0. The molecule has 0 aliphatic carbocycles. The van der Waals surface area contributed by atoms with Crippen LogP contribution in [0.5, 0.6) is 0 Å². The SMILES string of the molecule is CCOC(=O)CCCc1ccc(CCN2CCCN(c3nc4ccccc4n3Cc3ccc(F)cc3)CCC2)cc1. The molecule has 0 atom stereocenters. The number of rotatable bonds is 11. The van der Waals surface area contributed by atoms with Gasteiger partial charge in [0.25, 0.3) is 0 Å². The minimum absolute atomic E-state index is 0.107. The summed E-state index contributed by atoms with van der Waals surface area (Å²) in [6, 6.07) is 23.9. The first-order valence-corrected chi connectivity index (χ1v) is 15.0. The maximum atomic E-state index is 13.5. The summed E-state index contributed by atoms with van der Waals surface area (Å²) in [5.74, 6) is 0.688. The van der Waals surface area contributed by atoms with Gasteiger partial charge < -0.3 is 19.1 Å². The van der Waals surface area contributed by atoms with E-state index in [-0.39, 0.29) is 11.8 Å². The Hall–Kier alpha value is -3.71. The first-order chi connectivity index (χ1) is 20.1. The minimum Gasteiger partial charge on any atom is -0.466 e. The van der Waals surface area contributed by atoms with Gasteiger partial charge in [-0.2, -0.15) is 0 Å². The van der Waals surface area contributed by atoms with E-state index in [9.17, 15) is 9.18 Å². The number of nitrogens with zero attached hydrogens (tertiary/aromatic N) is 4. The maximum absolute atomic E-state index is 13.5. The summed E-state index contributed by atoms with van der Waals surface area (Å²) in [6.45, 7) is 8.09. The Morgan fingerprint density at radius 1 is 0.854 bits per heavy atom. The first kappa shape index (κ1) is 28.8. The molecule has 5 rings (SSSR count). The van der Waals surface area contributed by atoms with Gasteiger partial charge in [0.2, 0.25) is 5.95 Å². The number of aromatic nitrogens is 2. The molecule has 0 amide bonds. The second-order valence-electron chi connectivity index (χ2n) is 10.9. The largest absolute Gasteiger partial charge is 0.466 e. The molecular formula is C34H41FN4O2. The van der Waals surface area contributed by atoms with Crippen molar-refractivity contribution >= 4 is 23.0 Å². The molecule has 216 valence electrons. The molecule has 1 aliphatic heterocycles. The van der Waals surface area contributed by atoms with Crippen LogP contribution in [0, 0.1) is 5.82 Å². The minimum atomic E-state index is -0.211. The van der Waals surface area contributed by atoms with Crippen molar-refractivity contribution in [3.05, 3.63) is 95.3 Å². The maximum Gasteiger partial charge on any atom is 0.305 e. The van der Waals surface area contributed by atoms with Crippen LogP contribution in [0.1, 0.15) is 49.3 Å². The van der Waals surface area contributed by atoms with Gasteiger partial charge in [-0.15, -0.1) is 0 Å². The van der Waals surface area contributed by atoms with E-state index in [0.29, 0.717) is 19.6 Å². The smallest absolute Gasteiger partial charge is 0.305 e. The fourth-order valence-corrected chi connectivity index (χ4v) is 5.68. The number of hydrogen-bond acceptors (Lipinski definition) is 5. The molecular weight excluding hydrogens is 515 g/mol. The van der Waals surface area contributed by atoms with Crippen LogP contribution in [0.2, 0.25) is 0 Å². The molecule has 0 spiro atoms. The van der Waals surface area contributed by atoms with Crippen molar-refractivity contribution in [2.75, 3.05) is 44.2 Å². The average Bonchev–Trinajstić information content (AvgIpc) is 3.32. The number of carbonyl (C=O) groups is 1. The zero-order valence-electron chi connectivity index (χ0n) is 24.1. The molecule has 0 N–H and O–H groups in total. The van der Waals surface area contributed by atoms with E-state index >= 15 is 0 Å². The van der Waals surface area contributed by atoms with Gasteiger partial charge in [-0.1, -0.05) is 48.5 Å². The van der Waals surface area contributed by atoms with E-state index in [2.05, 4.69) is 56.8 Å². The van der Waals surface area contributed by atoms with E-state index in [0.717, 1.165) is 87.4 Å². The Kier molecular flexibility index (Phi) is 10.0. The van der Waals surface area contributed by atoms with Crippen LogP contribution in [0.15, 0.2) is 72.8 Å². The third kappa shape index (κ3) is 7.94. The van der Waals surface area contributed by atoms with E-state index in [1.165, 1.54) is 23.3 Å². The third-order valence-electron chi connectivity index (χ3n) is 7.87. The molecule has 4 aromatic rings. The predicted molar refractivity (Wildman–Crippen MR) is 163 cm³/mol. The van der Waals surface area contributed by atoms with Crippen molar-refractivity contribution < 1.29 is 13.9 Å². The van der Waals surface area contributed by atoms with Crippen LogP contribution in [0.4, 0.5) is 10.3 Å². The van der Waals surface area contributed by atoms with E-state index in [1.54, 1.807) is 0 Å². The summed E-state index contributed by atoms with van der Waals surface area (Å²) < 4.78 is 20.8. The number of ether oxygens (including phenoxy) is 1. The third-order valence-corrected chi connectivity index (χ3v) is 7.87. The Bertz CT molecular complexity index is 1390. The number of benzene rings is 3. The van der Waals surface area contributed by atoms with E-state index < -0.39 is 0 Å². The highest BCUT2D eigenvalue weighted by Crippen LogP contribution is 2.25. The molecule has 6 nitrogen and oxygen atoms in total. The Morgan fingerprint density at radius 3 is 2.22 bits per heavy atom. The summed E-state index contributed by atoms with van der Waals surface area (Å²) in [5, 5.41) is 0. The van der Waals surface area contributed by atoms with Gasteiger partial charge >= 0.3 is 5.97 Å². The highest BCUT2D eigenvalue weighted by molar-refractivity contribution is 5.79. The summed E-state index contributed by atoms with van der Waals surface area (Å²) in [4.78, 5) is 21.6. The van der Waals surface area contributed by atoms with Crippen molar-refractivity contribution in [1.29, 1.82) is 0 Å². The lowest BCUT2D eigenvalue weighted by molar-refractivity contribution is -0.143. The van der Waals surface area contributed by atoms with E-state index in [1.807, 2.05) is 25.1 Å². The summed E-state index contributed by atoms with van der Waals surface area (Å²) in [6.07, 6.45) is 5.41. The molecule has 0 bridgehead atoms. The highest BCUT2D eigenvalue weighted by Gasteiger charge is 2.20. The quantitative estimate of drug-likeness (QED) is 0.204. The lowest BCUT2D eigenvalue weighted by Gasteiger charge is -2.31. The Labute approximate surface area is 242 Å². The molecule has 1 aromatic heterocycles. The molecule has 7 heteroatoms. The molecule has 1 fully saturated rings. The fraction of sp³-hybridized carbons (Fsp3) is 0.412. The van der Waals surface area contributed by atoms with Crippen molar-refractivity contribution in [3.63, 3.8) is 0 Å². The average molecular weight is 557 g/mol. The molecule has 0 saturated carbocycles. The number of fused-ring (bicyclic) bond motifs is 1. The lowest BCUT2D eigenvalue weighted by Crippen LogP contribution is -2.38. The van der Waals surface area contributed by atoms with Gasteiger partial charge in [0.05, 0.1) is 24.2 Å². The van der Waals surface area contributed by atoms with Crippen LogP contribution < -0.4 is 4.90 Å². The predicted octanol–water partition coefficient (Wildman–Crippen LogP) is 6.25. The Balaban J connectivity index is 1.14. The van der Waals surface area contributed by atoms with Gasteiger partial charge in [0.15, 0.2) is 0 Å². The van der Waals surface area contributed by atoms with Gasteiger partial charge in [0, 0.05) is 26.1 Å². The monoisotopic (exact) mass is 556 g/mol. The van der Waals surface area contributed by atoms with Crippen LogP contribution in [-0.2, 0) is 28.9 Å². The van der Waals surface area contributed by atoms with Crippen molar-refractivity contribution in [2.24, 2.45) is 0 Å². The number of halogens is 1. The summed E-state index contributed by atoms with van der Waals surface area (Å²) in [5.41, 5.74) is 5.81. The zero-order chi connectivity index (χ0) is 28.4. The van der Waals surface area contributed by atoms with Gasteiger partial charge in [-0.25, -0.2) is 9.37 Å². The molecule has 0 unspecified atom stereocenters. The van der Waals surface area contributed by atoms with Gasteiger partial charge in [0.1, 0.15) is 5.82 Å². The standard InChI is InChI=1S/C34H41FN4O2/c1-2-41-33(40)11-5-8-27-12-14-28(15-13-27)20-25-37-21-6-23-38(24-7-22-37)34-36-31-9-3-4-10-32(31)39(34)26-29-16-18-30(35)19-17-29/h3-4,9-10,12-19H,2,5-8,11,20-26H2,1H3. The Morgan fingerprint density at radius 2 is 1.51 bits per heavy atom. The van der Waals surface area contributed by atoms with Crippen LogP contribution >= 0.6 is 0 Å². The lowest BCUT2D eigenvalue weighted by atomic mass is 10.0. The van der Waals surface area contributed by atoms with Crippen molar-refractivity contribution in [1.82, 2.24) is 14.5 Å². The molecule has 2 heterocycles. The zero-order valence-corrected chi connectivity index (χ0v) is 24.1. The number of aryl methyl sites for hydroxylation is 1. The van der Waals surface area contributed by atoms with Gasteiger partial charge in [-0.3, -0.25) is 4.79 Å². The molecule has 0 radical (unpaired) electrons. The molecule has 41 heavy (non-hydrogen) atoms. The summed E-state index contributed by atoms with van der Waals surface area (Å²) >= 11 is 0. The number of esters is 1. The van der Waals surface area contributed by atoms with E-state index in [4.69, 9.17) is 9.72 Å². The first-order valence-electron chi connectivity index (χ1n) is 15.0. The molecule has 3 aromatic carbocycles. The van der Waals surface area contributed by atoms with Crippen molar-refractivity contribution in [2.45, 2.75) is 52.0 Å². The van der Waals surface area contributed by atoms with Crippen molar-refractivity contribution in [3.8, 4) is 0 Å². The number of anilines is 1. The second kappa shape index (κ2) is 14.3. The van der Waals surface area contributed by atoms with Crippen LogP contribution in [0.3, 0.4) is 0 Å². The van der Waals surface area contributed by atoms with Gasteiger partial charge in [-0.05, 0) is 93.1 Å². The number of imidazole rings is 1. The van der Waals surface area contributed by atoms with Crippen LogP contribution in [0.25, 0.3) is 11.0 Å². The number of para-hydroxylation sites is 2. The van der Waals surface area contributed by atoms with Crippen LogP contribution in [-0.4, -0.2) is 59.8 Å². The summed E-state index contributed by atoms with van der Waals surface area (Å²) in [7, 11) is 0. The second-order valence-corrected chi connectivity index (χ2v) is 10.9. The number of carbonyl (C=O) groups excluding carboxylic acids is 1. The normalized spacial score (nSPS) is 14.6. The fourth-order valence-electron chi connectivity index (χ4n) is 5.68. The molecule has 1 aliphatic rings. The topological polar surface area (TPSA) is 50.6 Å². The molecule has 1 saturated heterocycles.